The van der Waals surface area contributed by atoms with Gasteiger partial charge >= 0.3 is 0 Å². The van der Waals surface area contributed by atoms with Gasteiger partial charge < -0.3 is 4.74 Å². The van der Waals surface area contributed by atoms with Gasteiger partial charge in [0.25, 0.3) is 5.91 Å². The third-order valence-electron chi connectivity index (χ3n) is 2.36. The van der Waals surface area contributed by atoms with Crippen molar-refractivity contribution in [3.8, 4) is 5.75 Å². The summed E-state index contributed by atoms with van der Waals surface area (Å²) in [7, 11) is 1.43. The van der Waals surface area contributed by atoms with E-state index in [9.17, 15) is 4.79 Å². The van der Waals surface area contributed by atoms with Crippen LogP contribution in [0, 0.1) is 0 Å². The molecule has 1 N–H and O–H groups in total. The largest absolute Gasteiger partial charge is 0.494 e. The number of benzene rings is 1. The van der Waals surface area contributed by atoms with Crippen molar-refractivity contribution in [2.24, 2.45) is 5.10 Å². The van der Waals surface area contributed by atoms with Crippen LogP contribution in [0.15, 0.2) is 34.7 Å². The lowest BCUT2D eigenvalue weighted by atomic mass is 10.2. The third kappa shape index (κ3) is 3.50. The molecule has 0 spiro atoms. The van der Waals surface area contributed by atoms with E-state index in [1.165, 1.54) is 30.6 Å². The second-order valence-corrected chi connectivity index (χ2v) is 5.51. The van der Waals surface area contributed by atoms with E-state index in [1.54, 1.807) is 6.21 Å². The van der Waals surface area contributed by atoms with E-state index in [2.05, 4.69) is 10.5 Å². The topological polar surface area (TPSA) is 50.7 Å². The molecule has 2 rings (SSSR count). The van der Waals surface area contributed by atoms with Crippen LogP contribution < -0.4 is 10.2 Å². The standard InChI is InChI=1S/C13H10Cl2N2O2S/c1-19-12-10(5-8(14)6-11(12)15)13(18)17-16-7-9-3-2-4-20-9/h2-7H,1H3,(H,17,18). The molecule has 0 unspecified atom stereocenters. The minimum atomic E-state index is -0.445. The van der Waals surface area contributed by atoms with Gasteiger partial charge in [-0.15, -0.1) is 11.3 Å². The molecule has 0 fully saturated rings. The van der Waals surface area contributed by atoms with Crippen molar-refractivity contribution in [2.75, 3.05) is 7.11 Å². The van der Waals surface area contributed by atoms with E-state index in [1.807, 2.05) is 17.5 Å². The van der Waals surface area contributed by atoms with Crippen LogP contribution in [0.5, 0.6) is 5.75 Å². The highest BCUT2D eigenvalue weighted by atomic mass is 35.5. The van der Waals surface area contributed by atoms with E-state index in [4.69, 9.17) is 27.9 Å². The fourth-order valence-corrected chi connectivity index (χ4v) is 2.67. The Balaban J connectivity index is 2.17. The number of methoxy groups -OCH3 is 1. The predicted octanol–water partition coefficient (Wildman–Crippen LogP) is 3.83. The zero-order valence-corrected chi connectivity index (χ0v) is 12.7. The number of hydrazone groups is 1. The number of thiophene rings is 1. The van der Waals surface area contributed by atoms with Crippen molar-refractivity contribution in [1.29, 1.82) is 0 Å². The molecule has 0 saturated carbocycles. The van der Waals surface area contributed by atoms with Crippen molar-refractivity contribution < 1.29 is 9.53 Å². The highest BCUT2D eigenvalue weighted by Crippen LogP contribution is 2.32. The van der Waals surface area contributed by atoms with Crippen LogP contribution in [0.25, 0.3) is 0 Å². The average Bonchev–Trinajstić information content (AvgIpc) is 2.91. The lowest BCUT2D eigenvalue weighted by molar-refractivity contribution is 0.0952. The first-order valence-electron chi connectivity index (χ1n) is 5.51. The maximum atomic E-state index is 12.0. The van der Waals surface area contributed by atoms with E-state index < -0.39 is 5.91 Å². The smallest absolute Gasteiger partial charge is 0.275 e. The Morgan fingerprint density at radius 3 is 2.90 bits per heavy atom. The molecule has 4 nitrogen and oxygen atoms in total. The molecule has 7 heteroatoms. The maximum absolute atomic E-state index is 12.0. The van der Waals surface area contributed by atoms with Gasteiger partial charge in [-0.05, 0) is 23.6 Å². The van der Waals surface area contributed by atoms with E-state index in [0.717, 1.165) is 4.88 Å². The first-order chi connectivity index (χ1) is 9.61. The number of carbonyl (C=O) groups excluding carboxylic acids is 1. The van der Waals surface area contributed by atoms with Crippen LogP contribution >= 0.6 is 34.5 Å². The third-order valence-corrected chi connectivity index (χ3v) is 3.66. The van der Waals surface area contributed by atoms with Crippen LogP contribution in [-0.4, -0.2) is 19.2 Å². The summed E-state index contributed by atoms with van der Waals surface area (Å²) in [6.07, 6.45) is 1.56. The zero-order valence-electron chi connectivity index (χ0n) is 10.4. The molecule has 0 aliphatic heterocycles. The molecule has 0 bridgehead atoms. The van der Waals surface area contributed by atoms with Crippen LogP contribution in [-0.2, 0) is 0 Å². The first-order valence-corrected chi connectivity index (χ1v) is 7.15. The lowest BCUT2D eigenvalue weighted by Crippen LogP contribution is -2.18. The van der Waals surface area contributed by atoms with E-state index in [0.29, 0.717) is 5.02 Å². The number of amides is 1. The first kappa shape index (κ1) is 14.8. The van der Waals surface area contributed by atoms with Gasteiger partial charge in [-0.2, -0.15) is 5.10 Å². The molecule has 0 radical (unpaired) electrons. The average molecular weight is 329 g/mol. The van der Waals surface area contributed by atoms with Crippen LogP contribution in [0.4, 0.5) is 0 Å². The van der Waals surface area contributed by atoms with Crippen molar-refractivity contribution in [1.82, 2.24) is 5.43 Å². The molecule has 1 aromatic carbocycles. The Hall–Kier alpha value is -1.56. The maximum Gasteiger partial charge on any atom is 0.275 e. The fourth-order valence-electron chi connectivity index (χ4n) is 1.52. The molecule has 20 heavy (non-hydrogen) atoms. The Kier molecular flexibility index (Phi) is 5.00. The summed E-state index contributed by atoms with van der Waals surface area (Å²) in [5.41, 5.74) is 2.64. The van der Waals surface area contributed by atoms with Gasteiger partial charge in [0.2, 0.25) is 0 Å². The van der Waals surface area contributed by atoms with E-state index >= 15 is 0 Å². The number of carbonyl (C=O) groups is 1. The predicted molar refractivity (Wildman–Crippen MR) is 82.4 cm³/mol. The highest BCUT2D eigenvalue weighted by Gasteiger charge is 2.16. The van der Waals surface area contributed by atoms with Gasteiger partial charge in [-0.25, -0.2) is 5.43 Å². The molecular weight excluding hydrogens is 319 g/mol. The van der Waals surface area contributed by atoms with Gasteiger partial charge in [0.15, 0.2) is 0 Å². The summed E-state index contributed by atoms with van der Waals surface area (Å²) in [4.78, 5) is 13.0. The summed E-state index contributed by atoms with van der Waals surface area (Å²) in [5.74, 6) is -0.182. The fraction of sp³-hybridized carbons (Fsp3) is 0.0769. The Labute approximate surface area is 130 Å². The van der Waals surface area contributed by atoms with Gasteiger partial charge in [0, 0.05) is 9.90 Å². The number of rotatable bonds is 4. The normalized spacial score (nSPS) is 10.8. The minimum absolute atomic E-state index is 0.230. The van der Waals surface area contributed by atoms with Crippen molar-refractivity contribution in [3.63, 3.8) is 0 Å². The number of nitrogens with zero attached hydrogens (tertiary/aromatic N) is 1. The van der Waals surface area contributed by atoms with Crippen molar-refractivity contribution in [3.05, 3.63) is 50.1 Å². The number of halogens is 2. The molecule has 0 aliphatic rings. The van der Waals surface area contributed by atoms with Crippen molar-refractivity contribution in [2.45, 2.75) is 0 Å². The summed E-state index contributed by atoms with van der Waals surface area (Å²) in [6.45, 7) is 0. The summed E-state index contributed by atoms with van der Waals surface area (Å²) in [6, 6.07) is 6.76. The van der Waals surface area contributed by atoms with Crippen LogP contribution in [0.3, 0.4) is 0 Å². The molecule has 1 amide bonds. The molecule has 0 aliphatic carbocycles. The van der Waals surface area contributed by atoms with Gasteiger partial charge in [-0.1, -0.05) is 29.3 Å². The van der Waals surface area contributed by atoms with Crippen LogP contribution in [0.1, 0.15) is 15.2 Å². The minimum Gasteiger partial charge on any atom is -0.494 e. The molecule has 1 aromatic heterocycles. The molecule has 104 valence electrons. The molecule has 2 aromatic rings. The van der Waals surface area contributed by atoms with E-state index in [-0.39, 0.29) is 16.3 Å². The number of hydrogen-bond donors (Lipinski definition) is 1. The SMILES string of the molecule is COc1c(Cl)cc(Cl)cc1C(=O)NN=Cc1cccs1. The van der Waals surface area contributed by atoms with Crippen LogP contribution in [0.2, 0.25) is 10.0 Å². The number of nitrogens with one attached hydrogen (secondary N) is 1. The van der Waals surface area contributed by atoms with Gasteiger partial charge in [-0.3, -0.25) is 4.79 Å². The number of ether oxygens (including phenoxy) is 1. The second kappa shape index (κ2) is 6.74. The monoisotopic (exact) mass is 328 g/mol. The second-order valence-electron chi connectivity index (χ2n) is 3.68. The summed E-state index contributed by atoms with van der Waals surface area (Å²) < 4.78 is 5.10. The van der Waals surface area contributed by atoms with Crippen molar-refractivity contribution >= 4 is 46.7 Å². The Bertz CT molecular complexity index is 642. The molecule has 0 saturated heterocycles. The number of hydrogen-bond acceptors (Lipinski definition) is 4. The molecule has 0 atom stereocenters. The summed E-state index contributed by atoms with van der Waals surface area (Å²) >= 11 is 13.4. The molecular formula is C13H10Cl2N2O2S. The quantitative estimate of drug-likeness (QED) is 0.685. The zero-order chi connectivity index (χ0) is 14.5. The highest BCUT2D eigenvalue weighted by molar-refractivity contribution is 7.11. The molecule has 1 heterocycles. The van der Waals surface area contributed by atoms with Gasteiger partial charge in [0.05, 0.1) is 23.9 Å². The Morgan fingerprint density at radius 2 is 2.25 bits per heavy atom. The summed E-state index contributed by atoms with van der Waals surface area (Å²) in [5, 5.41) is 6.41. The van der Waals surface area contributed by atoms with Gasteiger partial charge in [0.1, 0.15) is 5.75 Å². The Morgan fingerprint density at radius 1 is 1.45 bits per heavy atom. The lowest BCUT2D eigenvalue weighted by Gasteiger charge is -2.09.